The molecule has 0 bridgehead atoms. The molecule has 0 unspecified atom stereocenters. The van der Waals surface area contributed by atoms with Crippen LogP contribution < -0.4 is 19.7 Å². The maximum atomic E-state index is 10.5. The second-order valence-corrected chi connectivity index (χ2v) is 11.8. The first-order chi connectivity index (χ1) is 21.5. The molecule has 0 fully saturated rings. The predicted molar refractivity (Wildman–Crippen MR) is 182 cm³/mol. The van der Waals surface area contributed by atoms with Crippen molar-refractivity contribution in [2.45, 2.75) is 155 Å². The molecule has 0 radical (unpaired) electrons. The summed E-state index contributed by atoms with van der Waals surface area (Å²) in [4.78, 5) is 21.1. The van der Waals surface area contributed by atoms with Gasteiger partial charge in [0.1, 0.15) is 0 Å². The Balaban J connectivity index is 0.000000842. The van der Waals surface area contributed by atoms with Gasteiger partial charge in [-0.25, -0.2) is 0 Å². The third-order valence-electron chi connectivity index (χ3n) is 7.93. The van der Waals surface area contributed by atoms with E-state index in [2.05, 4.69) is 13.8 Å². The standard InChI is InChI=1S/2C19H30O3.Ca/c2*1-2-3-4-5-6-7-8-9-10-11-14-17-15-12-13-16-18(17)22-19(20)21;/h2*12-13,15-16H,2-11,14H2,1H3,(H,20,21);/q;;+2/p-2. The minimum Gasteiger partial charge on any atom is -0.514 e. The zero-order valence-electron chi connectivity index (χ0n) is 28.3. The van der Waals surface area contributed by atoms with E-state index in [0.29, 0.717) is 11.5 Å². The number of hydrogen-bond donors (Lipinski definition) is 0. The number of para-hydroxylation sites is 2. The van der Waals surface area contributed by atoms with Gasteiger partial charge in [-0.15, -0.1) is 0 Å². The second-order valence-electron chi connectivity index (χ2n) is 11.8. The van der Waals surface area contributed by atoms with Crippen molar-refractivity contribution in [1.29, 1.82) is 0 Å². The van der Waals surface area contributed by atoms with Crippen LogP contribution in [0.4, 0.5) is 9.59 Å². The molecule has 7 heteroatoms. The second kappa shape index (κ2) is 30.9. The molecule has 248 valence electrons. The third-order valence-corrected chi connectivity index (χ3v) is 7.93. The summed E-state index contributed by atoms with van der Waals surface area (Å²) in [5.74, 6) is 0.830. The van der Waals surface area contributed by atoms with Crippen molar-refractivity contribution in [3.05, 3.63) is 59.7 Å². The van der Waals surface area contributed by atoms with Gasteiger partial charge in [-0.05, 0) is 48.9 Å². The molecule has 0 N–H and O–H groups in total. The number of benzene rings is 2. The summed E-state index contributed by atoms with van der Waals surface area (Å²) < 4.78 is 9.39. The normalized spacial score (nSPS) is 10.4. The quantitative estimate of drug-likeness (QED) is 0.0486. The van der Waals surface area contributed by atoms with E-state index < -0.39 is 12.3 Å². The number of rotatable bonds is 24. The van der Waals surface area contributed by atoms with Crippen molar-refractivity contribution in [1.82, 2.24) is 0 Å². The molecule has 0 amide bonds. The monoisotopic (exact) mass is 650 g/mol. The van der Waals surface area contributed by atoms with Crippen molar-refractivity contribution in [3.63, 3.8) is 0 Å². The van der Waals surface area contributed by atoms with Crippen LogP contribution in [-0.2, 0) is 12.8 Å². The van der Waals surface area contributed by atoms with Gasteiger partial charge in [-0.1, -0.05) is 166 Å². The molecular weight excluding hydrogens is 592 g/mol. The molecule has 0 aromatic heterocycles. The molecule has 2 aromatic rings. The first kappa shape index (κ1) is 43.2. The average molecular weight is 651 g/mol. The molecule has 0 aliphatic carbocycles. The van der Waals surface area contributed by atoms with Crippen molar-refractivity contribution < 1.29 is 29.3 Å². The summed E-state index contributed by atoms with van der Waals surface area (Å²) in [5.41, 5.74) is 1.90. The number of unbranched alkanes of at least 4 members (excludes halogenated alkanes) is 18. The Kier molecular flexibility index (Phi) is 29.7. The van der Waals surface area contributed by atoms with Crippen LogP contribution in [0.2, 0.25) is 0 Å². The summed E-state index contributed by atoms with van der Waals surface area (Å²) in [7, 11) is 0. The van der Waals surface area contributed by atoms with Crippen LogP contribution in [0.1, 0.15) is 153 Å². The van der Waals surface area contributed by atoms with E-state index in [1.54, 1.807) is 24.3 Å². The molecule has 0 aliphatic heterocycles. The number of ether oxygens (including phenoxy) is 2. The molecule has 2 rings (SSSR count). The van der Waals surface area contributed by atoms with E-state index in [0.717, 1.165) is 36.8 Å². The van der Waals surface area contributed by atoms with Gasteiger partial charge in [0, 0.05) is 0 Å². The van der Waals surface area contributed by atoms with Crippen LogP contribution in [-0.4, -0.2) is 50.0 Å². The van der Waals surface area contributed by atoms with Crippen molar-refractivity contribution in [2.75, 3.05) is 0 Å². The average Bonchev–Trinajstić information content (AvgIpc) is 3.00. The number of hydrogen-bond acceptors (Lipinski definition) is 6. The van der Waals surface area contributed by atoms with Crippen molar-refractivity contribution in [2.24, 2.45) is 0 Å². The maximum absolute atomic E-state index is 10.5. The van der Waals surface area contributed by atoms with Gasteiger partial charge < -0.3 is 29.3 Å². The van der Waals surface area contributed by atoms with Gasteiger partial charge in [-0.3, -0.25) is 0 Å². The smallest absolute Gasteiger partial charge is 0.514 e. The van der Waals surface area contributed by atoms with Crippen molar-refractivity contribution in [3.8, 4) is 11.5 Å². The van der Waals surface area contributed by atoms with Crippen LogP contribution in [0, 0.1) is 0 Å². The Morgan fingerprint density at radius 1 is 0.467 bits per heavy atom. The van der Waals surface area contributed by atoms with E-state index in [-0.39, 0.29) is 37.7 Å². The van der Waals surface area contributed by atoms with E-state index in [9.17, 15) is 19.8 Å². The summed E-state index contributed by atoms with van der Waals surface area (Å²) in [6, 6.07) is 14.6. The van der Waals surface area contributed by atoms with Gasteiger partial charge in [0.15, 0.2) is 0 Å². The number of carboxylic acid groups (broad SMARTS) is 2. The summed E-state index contributed by atoms with van der Waals surface area (Å²) in [6.45, 7) is 4.49. The van der Waals surface area contributed by atoms with Crippen LogP contribution in [0.15, 0.2) is 48.5 Å². The van der Waals surface area contributed by atoms with Crippen molar-refractivity contribution >= 4 is 50.0 Å². The Morgan fingerprint density at radius 3 is 1.02 bits per heavy atom. The predicted octanol–water partition coefficient (Wildman–Crippen LogP) is 9.36. The van der Waals surface area contributed by atoms with Crippen LogP contribution >= 0.6 is 0 Å². The third kappa shape index (κ3) is 25.1. The molecule has 0 heterocycles. The first-order valence-electron chi connectivity index (χ1n) is 17.4. The van der Waals surface area contributed by atoms with Crippen LogP contribution in [0.25, 0.3) is 0 Å². The fourth-order valence-electron chi connectivity index (χ4n) is 5.41. The van der Waals surface area contributed by atoms with Gasteiger partial charge in [0.25, 0.3) is 12.3 Å². The minimum absolute atomic E-state index is 0. The largest absolute Gasteiger partial charge is 2.00 e. The molecule has 2 aromatic carbocycles. The Bertz CT molecular complexity index is 916. The van der Waals surface area contributed by atoms with Crippen LogP contribution in [0.3, 0.4) is 0 Å². The van der Waals surface area contributed by atoms with Gasteiger partial charge in [0.05, 0.1) is 11.5 Å². The molecule has 0 saturated heterocycles. The molecule has 0 atom stereocenters. The Morgan fingerprint density at radius 2 is 0.733 bits per heavy atom. The number of carbonyl (C=O) groups excluding carboxylic acids is 2. The van der Waals surface area contributed by atoms with E-state index in [1.807, 2.05) is 24.3 Å². The molecule has 0 aliphatic rings. The Labute approximate surface area is 303 Å². The molecule has 45 heavy (non-hydrogen) atoms. The summed E-state index contributed by atoms with van der Waals surface area (Å²) in [6.07, 6.45) is 24.7. The molecule has 6 nitrogen and oxygen atoms in total. The summed E-state index contributed by atoms with van der Waals surface area (Å²) in [5, 5.41) is 21.1. The summed E-state index contributed by atoms with van der Waals surface area (Å²) >= 11 is 0. The van der Waals surface area contributed by atoms with E-state index >= 15 is 0 Å². The number of aryl methyl sites for hydroxylation is 2. The van der Waals surface area contributed by atoms with Gasteiger partial charge in [0.2, 0.25) is 0 Å². The molecule has 0 saturated carbocycles. The fourth-order valence-corrected chi connectivity index (χ4v) is 5.41. The van der Waals surface area contributed by atoms with E-state index in [4.69, 9.17) is 9.47 Å². The van der Waals surface area contributed by atoms with Crippen LogP contribution in [0.5, 0.6) is 11.5 Å². The SMILES string of the molecule is CCCCCCCCCCCCc1ccccc1OC(=O)[O-].CCCCCCCCCCCCc1ccccc1OC(=O)[O-].[Ca+2]. The first-order valence-corrected chi connectivity index (χ1v) is 17.4. The molecular formula is C38H58CaO6. The maximum Gasteiger partial charge on any atom is 2.00 e. The minimum atomic E-state index is -1.49. The molecule has 0 spiro atoms. The van der Waals surface area contributed by atoms with Gasteiger partial charge >= 0.3 is 37.7 Å². The zero-order chi connectivity index (χ0) is 32.1. The Hall–Kier alpha value is -1.76. The fraction of sp³-hybridized carbons (Fsp3) is 0.632. The number of carbonyl (C=O) groups is 2. The van der Waals surface area contributed by atoms with E-state index in [1.165, 1.54) is 116 Å². The van der Waals surface area contributed by atoms with Gasteiger partial charge in [-0.2, -0.15) is 0 Å². The topological polar surface area (TPSA) is 98.7 Å². The zero-order valence-corrected chi connectivity index (χ0v) is 30.5.